The van der Waals surface area contributed by atoms with Gasteiger partial charge in [0.15, 0.2) is 5.13 Å². The van der Waals surface area contributed by atoms with Crippen molar-refractivity contribution < 1.29 is 22.7 Å². The maximum Gasteiger partial charge on any atom is 0.328 e. The third-order valence-corrected chi connectivity index (χ3v) is 6.89. The molecular weight excluding hydrogens is 452 g/mol. The van der Waals surface area contributed by atoms with Gasteiger partial charge in [0.05, 0.1) is 21.7 Å². The van der Waals surface area contributed by atoms with E-state index in [9.17, 15) is 18.0 Å². The van der Waals surface area contributed by atoms with Gasteiger partial charge in [0, 0.05) is 5.69 Å². The van der Waals surface area contributed by atoms with Crippen LogP contribution in [0.15, 0.2) is 41.3 Å². The molecule has 1 aromatic heterocycles. The lowest BCUT2D eigenvalue weighted by Gasteiger charge is -2.13. The Morgan fingerprint density at radius 1 is 1.16 bits per heavy atom. The quantitative estimate of drug-likeness (QED) is 0.446. The van der Waals surface area contributed by atoms with Crippen LogP contribution in [0.4, 0.5) is 15.6 Å². The summed E-state index contributed by atoms with van der Waals surface area (Å²) in [5, 5.41) is 5.41. The van der Waals surface area contributed by atoms with E-state index in [1.54, 1.807) is 31.2 Å². The lowest BCUT2D eigenvalue weighted by molar-refractivity contribution is -0.144. The maximum absolute atomic E-state index is 12.6. The lowest BCUT2D eigenvalue weighted by atomic mass is 10.2. The van der Waals surface area contributed by atoms with Gasteiger partial charge in [-0.3, -0.25) is 4.72 Å². The third-order valence-electron chi connectivity index (χ3n) is 4.48. The number of sulfonamides is 1. The Labute approximate surface area is 190 Å². The Balaban J connectivity index is 1.77. The second-order valence-electron chi connectivity index (χ2n) is 7.15. The van der Waals surface area contributed by atoms with E-state index in [0.29, 0.717) is 15.9 Å². The van der Waals surface area contributed by atoms with E-state index >= 15 is 0 Å². The molecule has 2 amide bonds. The van der Waals surface area contributed by atoms with Crippen LogP contribution < -0.4 is 15.4 Å². The Hall–Kier alpha value is -3.18. The van der Waals surface area contributed by atoms with Gasteiger partial charge in [-0.25, -0.2) is 23.0 Å². The van der Waals surface area contributed by atoms with Crippen LogP contribution in [0.2, 0.25) is 0 Å². The molecule has 0 saturated carbocycles. The summed E-state index contributed by atoms with van der Waals surface area (Å²) in [7, 11) is -3.77. The monoisotopic (exact) mass is 476 g/mol. The number of benzene rings is 2. The number of urea groups is 1. The number of aryl methyl sites for hydroxylation is 2. The van der Waals surface area contributed by atoms with E-state index in [4.69, 9.17) is 4.74 Å². The van der Waals surface area contributed by atoms with Crippen molar-refractivity contribution in [1.82, 2.24) is 10.3 Å². The van der Waals surface area contributed by atoms with Crippen molar-refractivity contribution in [2.24, 2.45) is 0 Å². The molecule has 1 atom stereocenters. The van der Waals surface area contributed by atoms with Gasteiger partial charge in [-0.15, -0.1) is 0 Å². The molecule has 0 aliphatic rings. The number of rotatable bonds is 7. The summed E-state index contributed by atoms with van der Waals surface area (Å²) in [4.78, 5) is 28.4. The number of nitrogens with one attached hydrogen (secondary N) is 3. The van der Waals surface area contributed by atoms with Crippen molar-refractivity contribution in [2.75, 3.05) is 16.6 Å². The van der Waals surface area contributed by atoms with Gasteiger partial charge in [-0.05, 0) is 57.5 Å². The molecule has 0 fully saturated rings. The second kappa shape index (κ2) is 9.53. The van der Waals surface area contributed by atoms with E-state index < -0.39 is 28.1 Å². The number of hydrogen-bond acceptors (Lipinski definition) is 7. The standard InChI is InChI=1S/C21H24N4O5S2/c1-5-30-19(26)14(4)22-20(27)23-15-10-13(3)18-17(11-15)31-21(24-18)25-32(28,29)16-8-6-12(2)7-9-16/h6-11,14H,5H2,1-4H3,(H,24,25)(H2,22,23,27)/t14-/m0/s1. The van der Waals surface area contributed by atoms with Crippen LogP contribution in [0.3, 0.4) is 0 Å². The Morgan fingerprint density at radius 2 is 1.84 bits per heavy atom. The predicted octanol–water partition coefficient (Wildman–Crippen LogP) is 3.79. The molecule has 0 radical (unpaired) electrons. The normalized spacial score (nSPS) is 12.2. The summed E-state index contributed by atoms with van der Waals surface area (Å²) < 4.78 is 33.4. The highest BCUT2D eigenvalue weighted by molar-refractivity contribution is 7.93. The first-order chi connectivity index (χ1) is 15.1. The van der Waals surface area contributed by atoms with Crippen LogP contribution in [0.5, 0.6) is 0 Å². The number of ether oxygens (including phenoxy) is 1. The minimum atomic E-state index is -3.77. The van der Waals surface area contributed by atoms with Crippen LogP contribution in [0.1, 0.15) is 25.0 Å². The summed E-state index contributed by atoms with van der Waals surface area (Å²) >= 11 is 1.16. The summed E-state index contributed by atoms with van der Waals surface area (Å²) in [6, 6.07) is 8.57. The van der Waals surface area contributed by atoms with E-state index in [1.807, 2.05) is 13.8 Å². The summed E-state index contributed by atoms with van der Waals surface area (Å²) in [5.74, 6) is -0.526. The molecule has 11 heteroatoms. The SMILES string of the molecule is CCOC(=O)[C@H](C)NC(=O)Nc1cc(C)c2nc(NS(=O)(=O)c3ccc(C)cc3)sc2c1. The molecule has 1 heterocycles. The average molecular weight is 477 g/mol. The molecule has 9 nitrogen and oxygen atoms in total. The first-order valence-electron chi connectivity index (χ1n) is 9.84. The van der Waals surface area contributed by atoms with E-state index in [0.717, 1.165) is 22.5 Å². The molecule has 0 unspecified atom stereocenters. The Kier molecular flexibility index (Phi) is 6.99. The molecule has 0 saturated heterocycles. The zero-order valence-corrected chi connectivity index (χ0v) is 19.7. The zero-order valence-electron chi connectivity index (χ0n) is 18.1. The number of anilines is 2. The molecule has 0 spiro atoms. The first-order valence-corrected chi connectivity index (χ1v) is 12.1. The fraction of sp³-hybridized carbons (Fsp3) is 0.286. The summed E-state index contributed by atoms with van der Waals surface area (Å²) in [6.07, 6.45) is 0. The van der Waals surface area contributed by atoms with Crippen LogP contribution in [0.25, 0.3) is 10.2 Å². The second-order valence-corrected chi connectivity index (χ2v) is 9.86. The van der Waals surface area contributed by atoms with Crippen molar-refractivity contribution in [3.63, 3.8) is 0 Å². The number of fused-ring (bicyclic) bond motifs is 1. The minimum Gasteiger partial charge on any atom is -0.464 e. The van der Waals surface area contributed by atoms with Crippen LogP contribution in [-0.2, 0) is 19.6 Å². The molecule has 0 aliphatic carbocycles. The van der Waals surface area contributed by atoms with Gasteiger partial charge in [-0.1, -0.05) is 29.0 Å². The number of carbonyl (C=O) groups is 2. The number of nitrogens with zero attached hydrogens (tertiary/aromatic N) is 1. The highest BCUT2D eigenvalue weighted by Gasteiger charge is 2.19. The molecule has 170 valence electrons. The Bertz CT molecular complexity index is 1250. The van der Waals surface area contributed by atoms with E-state index in [1.165, 1.54) is 19.1 Å². The molecule has 3 rings (SSSR count). The first kappa shape index (κ1) is 23.5. The number of esters is 1. The lowest BCUT2D eigenvalue weighted by Crippen LogP contribution is -2.41. The highest BCUT2D eigenvalue weighted by Crippen LogP contribution is 2.32. The molecule has 32 heavy (non-hydrogen) atoms. The summed E-state index contributed by atoms with van der Waals surface area (Å²) in [6.45, 7) is 7.13. The number of amides is 2. The fourth-order valence-electron chi connectivity index (χ4n) is 2.89. The Morgan fingerprint density at radius 3 is 2.50 bits per heavy atom. The molecular formula is C21H24N4O5S2. The van der Waals surface area contributed by atoms with Crippen molar-refractivity contribution in [3.05, 3.63) is 47.5 Å². The van der Waals surface area contributed by atoms with Crippen molar-refractivity contribution in [2.45, 2.75) is 38.6 Å². The molecule has 0 bridgehead atoms. The van der Waals surface area contributed by atoms with E-state index in [2.05, 4.69) is 20.3 Å². The average Bonchev–Trinajstić information content (AvgIpc) is 3.10. The van der Waals surface area contributed by atoms with Gasteiger partial charge in [0.25, 0.3) is 10.0 Å². The smallest absolute Gasteiger partial charge is 0.328 e. The third kappa shape index (κ3) is 5.54. The topological polar surface area (TPSA) is 126 Å². The van der Waals surface area contributed by atoms with Crippen molar-refractivity contribution >= 4 is 54.4 Å². The fourth-order valence-corrected chi connectivity index (χ4v) is 5.11. The van der Waals surface area contributed by atoms with Gasteiger partial charge < -0.3 is 15.4 Å². The molecule has 0 aliphatic heterocycles. The predicted molar refractivity (Wildman–Crippen MR) is 125 cm³/mol. The molecule has 2 aromatic carbocycles. The minimum absolute atomic E-state index is 0.147. The van der Waals surface area contributed by atoms with E-state index in [-0.39, 0.29) is 16.6 Å². The summed E-state index contributed by atoms with van der Waals surface area (Å²) in [5.41, 5.74) is 2.83. The van der Waals surface area contributed by atoms with Crippen LogP contribution in [-0.4, -0.2) is 38.1 Å². The largest absolute Gasteiger partial charge is 0.464 e. The molecule has 3 N–H and O–H groups in total. The highest BCUT2D eigenvalue weighted by atomic mass is 32.2. The number of thiazole rings is 1. The van der Waals surface area contributed by atoms with Crippen molar-refractivity contribution in [1.29, 1.82) is 0 Å². The van der Waals surface area contributed by atoms with Crippen LogP contribution >= 0.6 is 11.3 Å². The maximum atomic E-state index is 12.6. The van der Waals surface area contributed by atoms with Crippen LogP contribution in [0, 0.1) is 13.8 Å². The molecule has 3 aromatic rings. The number of aromatic nitrogens is 1. The van der Waals surface area contributed by atoms with Gasteiger partial charge in [-0.2, -0.15) is 0 Å². The zero-order chi connectivity index (χ0) is 23.5. The number of hydrogen-bond donors (Lipinski definition) is 3. The number of carbonyl (C=O) groups excluding carboxylic acids is 2. The van der Waals surface area contributed by atoms with Gasteiger partial charge in [0.2, 0.25) is 0 Å². The van der Waals surface area contributed by atoms with Gasteiger partial charge in [0.1, 0.15) is 6.04 Å². The van der Waals surface area contributed by atoms with Crippen molar-refractivity contribution in [3.8, 4) is 0 Å². The van der Waals surface area contributed by atoms with Gasteiger partial charge >= 0.3 is 12.0 Å².